The summed E-state index contributed by atoms with van der Waals surface area (Å²) in [5.74, 6) is -3.54. The van der Waals surface area contributed by atoms with Gasteiger partial charge < -0.3 is 30.9 Å². The average molecular weight is 356 g/mol. The fourth-order valence-corrected chi connectivity index (χ4v) is 2.37. The molecule has 1 saturated heterocycles. The second-order valence-corrected chi connectivity index (χ2v) is 5.68. The molecule has 1 fully saturated rings. The number of hydrogen-bond acceptors (Lipinski definition) is 7. The number of aliphatic hydroxyl groups is 2. The van der Waals surface area contributed by atoms with Gasteiger partial charge in [0.2, 0.25) is 0 Å². The van der Waals surface area contributed by atoms with Gasteiger partial charge in [0.1, 0.15) is 0 Å². The Morgan fingerprint density at radius 2 is 1.68 bits per heavy atom. The van der Waals surface area contributed by atoms with E-state index in [-0.39, 0.29) is 12.1 Å². The lowest BCUT2D eigenvalue weighted by molar-refractivity contribution is -0.165. The van der Waals surface area contributed by atoms with Crippen molar-refractivity contribution in [2.24, 2.45) is 5.73 Å². The van der Waals surface area contributed by atoms with Crippen LogP contribution in [0.15, 0.2) is 30.3 Å². The summed E-state index contributed by atoms with van der Waals surface area (Å²) in [4.78, 5) is 21.9. The number of hydrogen-bond donors (Lipinski definition) is 5. The Kier molecular flexibility index (Phi) is 8.46. The van der Waals surface area contributed by atoms with Crippen molar-refractivity contribution in [2.75, 3.05) is 20.2 Å². The molecule has 140 valence electrons. The Hall–Kier alpha value is -2.04. The standard InChI is InChI=1S/C12H18N2O.C4H6O6/c1-15-12-9-14(8-11(12)13)7-10-5-3-2-4-6-10;5-1(3(7)8)2(6)4(9)10/h2-6,11-12H,7-9,13H2,1H3;1-2,5-6H,(H,7,8)(H,9,10)/t11-,12-;1-,2-/m11/s1. The maximum Gasteiger partial charge on any atom is 0.335 e. The smallest absolute Gasteiger partial charge is 0.335 e. The van der Waals surface area contributed by atoms with Crippen LogP contribution < -0.4 is 5.73 Å². The number of likely N-dealkylation sites (tertiary alicyclic amines) is 1. The highest BCUT2D eigenvalue weighted by molar-refractivity contribution is 5.83. The third kappa shape index (κ3) is 6.77. The van der Waals surface area contributed by atoms with Gasteiger partial charge in [-0.15, -0.1) is 0 Å². The topological polar surface area (TPSA) is 154 Å². The Bertz CT molecular complexity index is 537. The zero-order valence-corrected chi connectivity index (χ0v) is 13.9. The third-order valence-corrected chi connectivity index (χ3v) is 3.74. The first-order valence-electron chi connectivity index (χ1n) is 7.62. The summed E-state index contributed by atoms with van der Waals surface area (Å²) in [5, 5.41) is 32.5. The number of carboxylic acids is 2. The van der Waals surface area contributed by atoms with Crippen molar-refractivity contribution < 1.29 is 34.8 Å². The van der Waals surface area contributed by atoms with Crippen molar-refractivity contribution in [3.63, 3.8) is 0 Å². The van der Waals surface area contributed by atoms with Crippen LogP contribution in [0.4, 0.5) is 0 Å². The number of ether oxygens (including phenoxy) is 1. The van der Waals surface area contributed by atoms with Crippen LogP contribution in [-0.2, 0) is 20.9 Å². The van der Waals surface area contributed by atoms with Crippen molar-refractivity contribution in [3.05, 3.63) is 35.9 Å². The molecule has 0 saturated carbocycles. The summed E-state index contributed by atoms with van der Waals surface area (Å²) >= 11 is 0. The number of aliphatic carboxylic acids is 2. The number of benzene rings is 1. The van der Waals surface area contributed by atoms with Crippen LogP contribution in [0.25, 0.3) is 0 Å². The van der Waals surface area contributed by atoms with Gasteiger partial charge in [0, 0.05) is 32.8 Å². The first-order chi connectivity index (χ1) is 11.8. The average Bonchev–Trinajstić information content (AvgIpc) is 2.94. The van der Waals surface area contributed by atoms with E-state index in [4.69, 9.17) is 30.9 Å². The van der Waals surface area contributed by atoms with E-state index >= 15 is 0 Å². The van der Waals surface area contributed by atoms with Crippen LogP contribution >= 0.6 is 0 Å². The predicted molar refractivity (Wildman–Crippen MR) is 87.8 cm³/mol. The highest BCUT2D eigenvalue weighted by Crippen LogP contribution is 2.14. The molecule has 0 aromatic heterocycles. The molecule has 25 heavy (non-hydrogen) atoms. The minimum atomic E-state index is -2.27. The summed E-state index contributed by atoms with van der Waals surface area (Å²) in [7, 11) is 1.73. The molecule has 1 aromatic rings. The number of methoxy groups -OCH3 is 1. The molecular formula is C16H24N2O7. The molecule has 0 radical (unpaired) electrons. The molecule has 1 aromatic carbocycles. The van der Waals surface area contributed by atoms with Gasteiger partial charge in [-0.05, 0) is 5.56 Å². The molecule has 0 aliphatic carbocycles. The van der Waals surface area contributed by atoms with Gasteiger partial charge in [-0.3, -0.25) is 4.90 Å². The van der Waals surface area contributed by atoms with Crippen molar-refractivity contribution in [2.45, 2.75) is 30.9 Å². The van der Waals surface area contributed by atoms with E-state index in [1.165, 1.54) is 5.56 Å². The highest BCUT2D eigenvalue weighted by Gasteiger charge is 2.30. The number of nitrogens with two attached hydrogens (primary N) is 1. The molecule has 0 bridgehead atoms. The van der Waals surface area contributed by atoms with Gasteiger partial charge in [0.05, 0.1) is 6.10 Å². The van der Waals surface area contributed by atoms with Crippen molar-refractivity contribution in [1.82, 2.24) is 4.90 Å². The first-order valence-corrected chi connectivity index (χ1v) is 7.62. The quantitative estimate of drug-likeness (QED) is 0.419. The van der Waals surface area contributed by atoms with Crippen molar-refractivity contribution in [3.8, 4) is 0 Å². The molecule has 6 N–H and O–H groups in total. The number of carboxylic acid groups (broad SMARTS) is 2. The lowest BCUT2D eigenvalue weighted by Crippen LogP contribution is -2.39. The van der Waals surface area contributed by atoms with Gasteiger partial charge in [-0.1, -0.05) is 30.3 Å². The second-order valence-electron chi connectivity index (χ2n) is 5.68. The third-order valence-electron chi connectivity index (χ3n) is 3.74. The van der Waals surface area contributed by atoms with Gasteiger partial charge in [-0.2, -0.15) is 0 Å². The molecular weight excluding hydrogens is 332 g/mol. The summed E-state index contributed by atoms with van der Waals surface area (Å²) in [6.07, 6.45) is -4.34. The number of carbonyl (C=O) groups is 2. The maximum absolute atomic E-state index is 9.77. The van der Waals surface area contributed by atoms with Gasteiger partial charge in [0.15, 0.2) is 12.2 Å². The van der Waals surface area contributed by atoms with Crippen molar-refractivity contribution in [1.29, 1.82) is 0 Å². The summed E-state index contributed by atoms with van der Waals surface area (Å²) in [6.45, 7) is 2.83. The second kappa shape index (κ2) is 10.1. The van der Waals surface area contributed by atoms with Crippen LogP contribution in [-0.4, -0.2) is 81.8 Å². The Morgan fingerprint density at radius 3 is 2.08 bits per heavy atom. The van der Waals surface area contributed by atoms with E-state index in [1.807, 2.05) is 6.07 Å². The zero-order valence-electron chi connectivity index (χ0n) is 13.9. The molecule has 9 nitrogen and oxygen atoms in total. The lowest BCUT2D eigenvalue weighted by Gasteiger charge is -2.14. The van der Waals surface area contributed by atoms with E-state index in [2.05, 4.69) is 29.2 Å². The molecule has 4 atom stereocenters. The molecule has 2 rings (SSSR count). The van der Waals surface area contributed by atoms with Crippen LogP contribution in [0.2, 0.25) is 0 Å². The summed E-state index contributed by atoms with van der Waals surface area (Å²) in [5.41, 5.74) is 7.30. The monoisotopic (exact) mass is 356 g/mol. The van der Waals surface area contributed by atoms with Crippen LogP contribution in [0.3, 0.4) is 0 Å². The molecule has 0 amide bonds. The molecule has 1 aliphatic rings. The highest BCUT2D eigenvalue weighted by atomic mass is 16.5. The van der Waals surface area contributed by atoms with Crippen LogP contribution in [0.5, 0.6) is 0 Å². The summed E-state index contributed by atoms with van der Waals surface area (Å²) in [6, 6.07) is 10.6. The van der Waals surface area contributed by atoms with Gasteiger partial charge in [-0.25, -0.2) is 9.59 Å². The van der Waals surface area contributed by atoms with E-state index in [1.54, 1.807) is 7.11 Å². The SMILES string of the molecule is CO[C@@H]1CN(Cc2ccccc2)C[C@H]1N.O=C(O)[C@H](O)[C@@H](O)C(=O)O. The fourth-order valence-electron chi connectivity index (χ4n) is 2.37. The van der Waals surface area contributed by atoms with Crippen LogP contribution in [0, 0.1) is 0 Å². The van der Waals surface area contributed by atoms with Crippen LogP contribution in [0.1, 0.15) is 5.56 Å². The van der Waals surface area contributed by atoms with Crippen molar-refractivity contribution >= 4 is 11.9 Å². The zero-order chi connectivity index (χ0) is 19.0. The Labute approximate surface area is 145 Å². The molecule has 1 aliphatic heterocycles. The maximum atomic E-state index is 9.77. The predicted octanol–water partition coefficient (Wildman–Crippen LogP) is -1.28. The van der Waals surface area contributed by atoms with Gasteiger partial charge in [0.25, 0.3) is 0 Å². The molecule has 1 heterocycles. The lowest BCUT2D eigenvalue weighted by atomic mass is 10.2. The van der Waals surface area contributed by atoms with E-state index in [9.17, 15) is 9.59 Å². The number of aliphatic hydroxyl groups excluding tert-OH is 2. The Balaban J connectivity index is 0.000000275. The number of rotatable bonds is 6. The molecule has 0 unspecified atom stereocenters. The van der Waals surface area contributed by atoms with Gasteiger partial charge >= 0.3 is 11.9 Å². The molecule has 9 heteroatoms. The minimum Gasteiger partial charge on any atom is -0.479 e. The largest absolute Gasteiger partial charge is 0.479 e. The normalized spacial score (nSPS) is 22.6. The fraction of sp³-hybridized carbons (Fsp3) is 0.500. The van der Waals surface area contributed by atoms with E-state index in [0.29, 0.717) is 0 Å². The first kappa shape index (κ1) is 21.0. The Morgan fingerprint density at radius 1 is 1.16 bits per heavy atom. The minimum absolute atomic E-state index is 0.152. The molecule has 0 spiro atoms. The van der Waals surface area contributed by atoms with E-state index < -0.39 is 24.1 Å². The van der Waals surface area contributed by atoms with E-state index in [0.717, 1.165) is 19.6 Å². The number of nitrogens with zero attached hydrogens (tertiary/aromatic N) is 1. The summed E-state index contributed by atoms with van der Waals surface area (Å²) < 4.78 is 5.32.